The number of aryl methyl sites for hydroxylation is 2. The SMILES string of the molecule is COc1ccccc1C(=O)CC(=O)c1cc(C)oc1C. The summed E-state index contributed by atoms with van der Waals surface area (Å²) in [6.07, 6.45) is -0.194. The topological polar surface area (TPSA) is 56.5 Å². The molecule has 0 saturated heterocycles. The Kier molecular flexibility index (Phi) is 4.03. The van der Waals surface area contributed by atoms with Crippen molar-refractivity contribution >= 4 is 11.6 Å². The summed E-state index contributed by atoms with van der Waals surface area (Å²) >= 11 is 0. The van der Waals surface area contributed by atoms with Crippen LogP contribution in [-0.4, -0.2) is 18.7 Å². The number of carbonyl (C=O) groups excluding carboxylic acids is 2. The van der Waals surface area contributed by atoms with E-state index in [1.807, 2.05) is 0 Å². The third kappa shape index (κ3) is 2.79. The molecule has 20 heavy (non-hydrogen) atoms. The van der Waals surface area contributed by atoms with Gasteiger partial charge in [-0.25, -0.2) is 0 Å². The number of hydrogen-bond donors (Lipinski definition) is 0. The zero-order chi connectivity index (χ0) is 14.7. The minimum absolute atomic E-state index is 0.194. The molecule has 1 aromatic heterocycles. The van der Waals surface area contributed by atoms with Gasteiger partial charge in [0.25, 0.3) is 0 Å². The van der Waals surface area contributed by atoms with Crippen LogP contribution in [0.1, 0.15) is 38.7 Å². The third-order valence-corrected chi connectivity index (χ3v) is 3.07. The Morgan fingerprint density at radius 3 is 2.35 bits per heavy atom. The first kappa shape index (κ1) is 14.1. The van der Waals surface area contributed by atoms with Crippen molar-refractivity contribution in [2.45, 2.75) is 20.3 Å². The molecular weight excluding hydrogens is 256 g/mol. The van der Waals surface area contributed by atoms with Crippen molar-refractivity contribution in [3.8, 4) is 5.75 Å². The van der Waals surface area contributed by atoms with Gasteiger partial charge >= 0.3 is 0 Å². The number of hydrogen-bond acceptors (Lipinski definition) is 4. The van der Waals surface area contributed by atoms with Gasteiger partial charge in [-0.1, -0.05) is 12.1 Å². The van der Waals surface area contributed by atoms with Crippen LogP contribution in [0.15, 0.2) is 34.7 Å². The Morgan fingerprint density at radius 1 is 1.10 bits per heavy atom. The van der Waals surface area contributed by atoms with E-state index in [1.165, 1.54) is 7.11 Å². The molecule has 0 atom stereocenters. The number of Topliss-reactive ketones (excluding diaryl/α,β-unsaturated/α-hetero) is 2. The average molecular weight is 272 g/mol. The van der Waals surface area contributed by atoms with Crippen LogP contribution in [0.3, 0.4) is 0 Å². The number of rotatable bonds is 5. The Morgan fingerprint density at radius 2 is 1.75 bits per heavy atom. The lowest BCUT2D eigenvalue weighted by Gasteiger charge is -2.06. The molecule has 0 radical (unpaired) electrons. The summed E-state index contributed by atoms with van der Waals surface area (Å²) < 4.78 is 10.4. The predicted molar refractivity (Wildman–Crippen MR) is 74.5 cm³/mol. The lowest BCUT2D eigenvalue weighted by atomic mass is 10.0. The molecule has 0 aliphatic carbocycles. The molecule has 0 aliphatic heterocycles. The first-order valence-electron chi connectivity index (χ1n) is 6.29. The van der Waals surface area contributed by atoms with Gasteiger partial charge in [-0.05, 0) is 32.0 Å². The van der Waals surface area contributed by atoms with Gasteiger partial charge < -0.3 is 9.15 Å². The summed E-state index contributed by atoms with van der Waals surface area (Å²) in [5, 5.41) is 0. The van der Waals surface area contributed by atoms with Gasteiger partial charge in [0.05, 0.1) is 24.7 Å². The van der Waals surface area contributed by atoms with Gasteiger partial charge in [0.2, 0.25) is 0 Å². The molecule has 0 saturated carbocycles. The van der Waals surface area contributed by atoms with E-state index in [4.69, 9.17) is 9.15 Å². The lowest BCUT2D eigenvalue weighted by molar-refractivity contribution is 0.0892. The molecule has 1 aromatic carbocycles. The van der Waals surface area contributed by atoms with E-state index in [0.717, 1.165) is 0 Å². The Bertz CT molecular complexity index is 652. The van der Waals surface area contributed by atoms with E-state index in [9.17, 15) is 9.59 Å². The second-order valence-electron chi connectivity index (χ2n) is 4.55. The van der Waals surface area contributed by atoms with Gasteiger partial charge in [-0.2, -0.15) is 0 Å². The maximum Gasteiger partial charge on any atom is 0.174 e. The molecule has 0 spiro atoms. The van der Waals surface area contributed by atoms with Gasteiger partial charge in [0.1, 0.15) is 17.3 Å². The molecule has 104 valence electrons. The smallest absolute Gasteiger partial charge is 0.174 e. The summed E-state index contributed by atoms with van der Waals surface area (Å²) in [4.78, 5) is 24.3. The van der Waals surface area contributed by atoms with E-state index in [-0.39, 0.29) is 18.0 Å². The number of methoxy groups -OCH3 is 1. The molecule has 2 rings (SSSR count). The molecular formula is C16H16O4. The van der Waals surface area contributed by atoms with Crippen LogP contribution < -0.4 is 4.74 Å². The predicted octanol–water partition coefficient (Wildman–Crippen LogP) is 3.36. The largest absolute Gasteiger partial charge is 0.496 e. The first-order chi connectivity index (χ1) is 9.52. The Balaban J connectivity index is 2.19. The lowest BCUT2D eigenvalue weighted by Crippen LogP contribution is -2.10. The molecule has 0 N–H and O–H groups in total. The minimum atomic E-state index is -0.259. The summed E-state index contributed by atoms with van der Waals surface area (Å²) in [5.41, 5.74) is 0.881. The van der Waals surface area contributed by atoms with Crippen LogP contribution in [-0.2, 0) is 0 Å². The van der Waals surface area contributed by atoms with Crippen molar-refractivity contribution in [3.05, 3.63) is 53.0 Å². The first-order valence-corrected chi connectivity index (χ1v) is 6.29. The molecule has 1 heterocycles. The molecule has 2 aromatic rings. The molecule has 4 heteroatoms. The average Bonchev–Trinajstić information content (AvgIpc) is 2.77. The molecule has 4 nitrogen and oxygen atoms in total. The normalized spacial score (nSPS) is 10.3. The number of para-hydroxylation sites is 1. The summed E-state index contributed by atoms with van der Waals surface area (Å²) in [5.74, 6) is 1.18. The Hall–Kier alpha value is -2.36. The highest BCUT2D eigenvalue weighted by atomic mass is 16.5. The van der Waals surface area contributed by atoms with Crippen molar-refractivity contribution in [2.24, 2.45) is 0 Å². The maximum absolute atomic E-state index is 12.2. The van der Waals surface area contributed by atoms with Gasteiger partial charge in [-0.15, -0.1) is 0 Å². The van der Waals surface area contributed by atoms with Crippen LogP contribution in [0.5, 0.6) is 5.75 Å². The van der Waals surface area contributed by atoms with Crippen molar-refractivity contribution in [2.75, 3.05) is 7.11 Å². The van der Waals surface area contributed by atoms with Crippen molar-refractivity contribution < 1.29 is 18.7 Å². The van der Waals surface area contributed by atoms with Gasteiger partial charge in [-0.3, -0.25) is 9.59 Å². The fourth-order valence-electron chi connectivity index (χ4n) is 2.12. The van der Waals surface area contributed by atoms with Gasteiger partial charge in [0.15, 0.2) is 11.6 Å². The zero-order valence-corrected chi connectivity index (χ0v) is 11.7. The molecule has 0 fully saturated rings. The van der Waals surface area contributed by atoms with Crippen LogP contribution in [0.25, 0.3) is 0 Å². The van der Waals surface area contributed by atoms with Crippen LogP contribution >= 0.6 is 0 Å². The summed E-state index contributed by atoms with van der Waals surface area (Å²) in [6.45, 7) is 3.49. The van der Waals surface area contributed by atoms with Crippen molar-refractivity contribution in [1.29, 1.82) is 0 Å². The minimum Gasteiger partial charge on any atom is -0.496 e. The van der Waals surface area contributed by atoms with Crippen molar-refractivity contribution in [1.82, 2.24) is 0 Å². The molecule has 0 amide bonds. The standard InChI is InChI=1S/C16H16O4/c1-10-8-13(11(2)20-10)15(18)9-14(17)12-6-4-5-7-16(12)19-3/h4-8H,9H2,1-3H3. The van der Waals surface area contributed by atoms with Crippen molar-refractivity contribution in [3.63, 3.8) is 0 Å². The second kappa shape index (κ2) is 5.74. The second-order valence-corrected chi connectivity index (χ2v) is 4.55. The van der Waals surface area contributed by atoms with E-state index < -0.39 is 0 Å². The van der Waals surface area contributed by atoms with E-state index in [1.54, 1.807) is 44.2 Å². The number of benzene rings is 1. The van der Waals surface area contributed by atoms with Crippen LogP contribution in [0, 0.1) is 13.8 Å². The monoisotopic (exact) mass is 272 g/mol. The van der Waals surface area contributed by atoms with Crippen LogP contribution in [0.4, 0.5) is 0 Å². The van der Waals surface area contributed by atoms with E-state index in [2.05, 4.69) is 0 Å². The third-order valence-electron chi connectivity index (χ3n) is 3.07. The van der Waals surface area contributed by atoms with Gasteiger partial charge in [0, 0.05) is 0 Å². The summed E-state index contributed by atoms with van der Waals surface area (Å²) in [7, 11) is 1.50. The quantitative estimate of drug-likeness (QED) is 0.618. The molecule has 0 bridgehead atoms. The highest BCUT2D eigenvalue weighted by Gasteiger charge is 2.19. The fraction of sp³-hybridized carbons (Fsp3) is 0.250. The zero-order valence-electron chi connectivity index (χ0n) is 11.7. The maximum atomic E-state index is 12.2. The fourth-order valence-corrected chi connectivity index (χ4v) is 2.12. The number of ketones is 2. The highest BCUT2D eigenvalue weighted by molar-refractivity contribution is 6.14. The number of furan rings is 1. The van der Waals surface area contributed by atoms with E-state index >= 15 is 0 Å². The molecule has 0 aliphatic rings. The molecule has 0 unspecified atom stereocenters. The number of ether oxygens (including phenoxy) is 1. The van der Waals surface area contributed by atoms with Crippen LogP contribution in [0.2, 0.25) is 0 Å². The highest BCUT2D eigenvalue weighted by Crippen LogP contribution is 2.21. The summed E-state index contributed by atoms with van der Waals surface area (Å²) in [6, 6.07) is 8.54. The Labute approximate surface area is 117 Å². The van der Waals surface area contributed by atoms with E-state index in [0.29, 0.717) is 28.4 Å². The number of carbonyl (C=O) groups is 2.